The monoisotopic (exact) mass is 324 g/mol. The first-order valence-corrected chi connectivity index (χ1v) is 8.39. The van der Waals surface area contributed by atoms with Crippen molar-refractivity contribution in [3.05, 3.63) is 77.1 Å². The van der Waals surface area contributed by atoms with E-state index in [1.165, 1.54) is 17.2 Å². The van der Waals surface area contributed by atoms with Gasteiger partial charge < -0.3 is 0 Å². The minimum atomic E-state index is -0.209. The van der Waals surface area contributed by atoms with Crippen LogP contribution in [0, 0.1) is 19.7 Å². The van der Waals surface area contributed by atoms with Crippen LogP contribution in [-0.4, -0.2) is 10.2 Å². The summed E-state index contributed by atoms with van der Waals surface area (Å²) in [4.78, 5) is 0. The van der Waals surface area contributed by atoms with Crippen LogP contribution in [0.2, 0.25) is 0 Å². The highest BCUT2D eigenvalue weighted by molar-refractivity contribution is 7.98. The molecule has 116 valence electrons. The summed E-state index contributed by atoms with van der Waals surface area (Å²) in [5.74, 6) is 0.467. The number of thioether (sulfide) groups is 1. The fraction of sp³-hybridized carbons (Fsp3) is 0.158. The van der Waals surface area contributed by atoms with Crippen LogP contribution in [-0.2, 0) is 5.75 Å². The summed E-state index contributed by atoms with van der Waals surface area (Å²) in [5.41, 5.74) is 5.32. The number of rotatable bonds is 4. The molecule has 1 heterocycles. The Morgan fingerprint density at radius 2 is 1.83 bits per heavy atom. The van der Waals surface area contributed by atoms with E-state index in [0.717, 1.165) is 21.8 Å². The highest BCUT2D eigenvalue weighted by Gasteiger charge is 2.06. The van der Waals surface area contributed by atoms with Crippen LogP contribution in [0.25, 0.3) is 11.3 Å². The molecule has 0 fully saturated rings. The average molecular weight is 324 g/mol. The van der Waals surface area contributed by atoms with E-state index in [1.807, 2.05) is 18.2 Å². The van der Waals surface area contributed by atoms with E-state index in [2.05, 4.69) is 42.2 Å². The Morgan fingerprint density at radius 3 is 2.57 bits per heavy atom. The molecule has 1 aromatic heterocycles. The highest BCUT2D eigenvalue weighted by atomic mass is 32.2. The van der Waals surface area contributed by atoms with Gasteiger partial charge in [-0.25, -0.2) is 4.39 Å². The molecule has 2 aromatic carbocycles. The summed E-state index contributed by atoms with van der Waals surface area (Å²) in [7, 11) is 0. The van der Waals surface area contributed by atoms with E-state index >= 15 is 0 Å². The molecule has 3 aromatic rings. The lowest BCUT2D eigenvalue weighted by Gasteiger charge is -2.07. The third-order valence-electron chi connectivity index (χ3n) is 3.58. The van der Waals surface area contributed by atoms with Crippen LogP contribution in [0.3, 0.4) is 0 Å². The number of hydrogen-bond acceptors (Lipinski definition) is 3. The molecule has 0 aliphatic carbocycles. The third-order valence-corrected chi connectivity index (χ3v) is 4.58. The predicted octanol–water partition coefficient (Wildman–Crippen LogP) is 5.19. The summed E-state index contributed by atoms with van der Waals surface area (Å²) in [6, 6.07) is 16.9. The van der Waals surface area contributed by atoms with Gasteiger partial charge in [-0.3, -0.25) is 0 Å². The van der Waals surface area contributed by atoms with Gasteiger partial charge in [-0.15, -0.1) is 10.2 Å². The minimum absolute atomic E-state index is 0.209. The molecule has 23 heavy (non-hydrogen) atoms. The van der Waals surface area contributed by atoms with E-state index in [-0.39, 0.29) is 5.82 Å². The molecular formula is C19H17FN2S. The first kappa shape index (κ1) is 15.7. The Morgan fingerprint density at radius 1 is 0.957 bits per heavy atom. The Bertz CT molecular complexity index is 816. The molecule has 0 N–H and O–H groups in total. The van der Waals surface area contributed by atoms with Crippen molar-refractivity contribution in [2.45, 2.75) is 24.6 Å². The zero-order valence-corrected chi connectivity index (χ0v) is 13.9. The van der Waals surface area contributed by atoms with Crippen LogP contribution < -0.4 is 0 Å². The summed E-state index contributed by atoms with van der Waals surface area (Å²) in [6.45, 7) is 4.14. The van der Waals surface area contributed by atoms with Crippen molar-refractivity contribution in [1.82, 2.24) is 10.2 Å². The summed E-state index contributed by atoms with van der Waals surface area (Å²) in [5, 5.41) is 9.45. The normalized spacial score (nSPS) is 10.7. The topological polar surface area (TPSA) is 25.8 Å². The van der Waals surface area contributed by atoms with Crippen molar-refractivity contribution in [1.29, 1.82) is 0 Å². The quantitative estimate of drug-likeness (QED) is 0.618. The van der Waals surface area contributed by atoms with Crippen LogP contribution in [0.15, 0.2) is 59.6 Å². The average Bonchev–Trinajstić information content (AvgIpc) is 2.56. The maximum Gasteiger partial charge on any atom is 0.123 e. The lowest BCUT2D eigenvalue weighted by Crippen LogP contribution is -1.92. The Labute approximate surface area is 139 Å². The van der Waals surface area contributed by atoms with Gasteiger partial charge in [0.25, 0.3) is 0 Å². The van der Waals surface area contributed by atoms with Gasteiger partial charge in [-0.05, 0) is 55.3 Å². The maximum atomic E-state index is 13.2. The summed E-state index contributed by atoms with van der Waals surface area (Å²) >= 11 is 1.55. The van der Waals surface area contributed by atoms with Crippen molar-refractivity contribution in [3.63, 3.8) is 0 Å². The highest BCUT2D eigenvalue weighted by Crippen LogP contribution is 2.25. The number of aromatic nitrogens is 2. The number of halogens is 1. The van der Waals surface area contributed by atoms with E-state index in [9.17, 15) is 4.39 Å². The van der Waals surface area contributed by atoms with Gasteiger partial charge >= 0.3 is 0 Å². The SMILES string of the molecule is Cc1ccc(C)c(-c2ccc(SCc3cccc(F)c3)nn2)c1. The van der Waals surface area contributed by atoms with Crippen LogP contribution in [0.1, 0.15) is 16.7 Å². The zero-order valence-electron chi connectivity index (χ0n) is 13.1. The Kier molecular flexibility index (Phi) is 4.72. The number of nitrogens with zero attached hydrogens (tertiary/aromatic N) is 2. The largest absolute Gasteiger partial charge is 0.207 e. The molecule has 0 aliphatic heterocycles. The van der Waals surface area contributed by atoms with Crippen LogP contribution in [0.4, 0.5) is 4.39 Å². The smallest absolute Gasteiger partial charge is 0.123 e. The third kappa shape index (κ3) is 3.96. The lowest BCUT2D eigenvalue weighted by atomic mass is 10.0. The van der Waals surface area contributed by atoms with Crippen molar-refractivity contribution in [3.8, 4) is 11.3 Å². The van der Waals surface area contributed by atoms with E-state index in [4.69, 9.17) is 0 Å². The molecule has 0 radical (unpaired) electrons. The van der Waals surface area contributed by atoms with Gasteiger partial charge in [-0.1, -0.05) is 41.6 Å². The fourth-order valence-corrected chi connectivity index (χ4v) is 3.09. The van der Waals surface area contributed by atoms with Gasteiger partial charge in [0, 0.05) is 11.3 Å². The van der Waals surface area contributed by atoms with E-state index in [1.54, 1.807) is 23.9 Å². The van der Waals surface area contributed by atoms with Gasteiger partial charge in [0.15, 0.2) is 0 Å². The molecule has 2 nitrogen and oxygen atoms in total. The summed E-state index contributed by atoms with van der Waals surface area (Å²) < 4.78 is 13.2. The van der Waals surface area contributed by atoms with Gasteiger partial charge in [0.1, 0.15) is 10.8 Å². The zero-order chi connectivity index (χ0) is 16.2. The van der Waals surface area contributed by atoms with Crippen molar-refractivity contribution in [2.75, 3.05) is 0 Å². The molecule has 4 heteroatoms. The molecule has 0 saturated heterocycles. The predicted molar refractivity (Wildman–Crippen MR) is 92.9 cm³/mol. The van der Waals surface area contributed by atoms with E-state index in [0.29, 0.717) is 5.75 Å². The Hall–Kier alpha value is -2.20. The molecular weight excluding hydrogens is 307 g/mol. The second kappa shape index (κ2) is 6.92. The van der Waals surface area contributed by atoms with Gasteiger partial charge in [-0.2, -0.15) is 0 Å². The Balaban J connectivity index is 1.73. The molecule has 0 bridgehead atoms. The van der Waals surface area contributed by atoms with E-state index < -0.39 is 0 Å². The summed E-state index contributed by atoms with van der Waals surface area (Å²) in [6.07, 6.45) is 0. The molecule has 3 rings (SSSR count). The molecule has 0 saturated carbocycles. The minimum Gasteiger partial charge on any atom is -0.207 e. The second-order valence-corrected chi connectivity index (χ2v) is 6.49. The van der Waals surface area contributed by atoms with Crippen molar-refractivity contribution >= 4 is 11.8 Å². The first-order valence-electron chi connectivity index (χ1n) is 7.40. The molecule has 0 atom stereocenters. The van der Waals surface area contributed by atoms with Crippen LogP contribution >= 0.6 is 11.8 Å². The molecule has 0 aliphatic rings. The standard InChI is InChI=1S/C19H17FN2S/c1-13-6-7-14(2)17(10-13)18-8-9-19(22-21-18)23-12-15-4-3-5-16(20)11-15/h3-11H,12H2,1-2H3. The van der Waals surface area contributed by atoms with Gasteiger partial charge in [0.2, 0.25) is 0 Å². The maximum absolute atomic E-state index is 13.2. The number of hydrogen-bond donors (Lipinski definition) is 0. The molecule has 0 unspecified atom stereocenters. The van der Waals surface area contributed by atoms with Gasteiger partial charge in [0.05, 0.1) is 5.69 Å². The number of benzene rings is 2. The fourth-order valence-electron chi connectivity index (χ4n) is 2.34. The molecule has 0 spiro atoms. The second-order valence-electron chi connectivity index (χ2n) is 5.49. The van der Waals surface area contributed by atoms with Crippen LogP contribution in [0.5, 0.6) is 0 Å². The lowest BCUT2D eigenvalue weighted by molar-refractivity contribution is 0.626. The molecule has 0 amide bonds. The van der Waals surface area contributed by atoms with Crippen molar-refractivity contribution < 1.29 is 4.39 Å². The van der Waals surface area contributed by atoms with Crippen molar-refractivity contribution in [2.24, 2.45) is 0 Å². The number of aryl methyl sites for hydroxylation is 2. The first-order chi connectivity index (χ1) is 11.1.